The molecule has 0 aliphatic carbocycles. The Morgan fingerprint density at radius 1 is 0.133 bits per heavy atom. The van der Waals surface area contributed by atoms with Crippen LogP contribution in [0.5, 0.6) is 0 Å². The topological polar surface area (TPSA) is 31.5 Å². The van der Waals surface area contributed by atoms with Gasteiger partial charge >= 0.3 is 414 Å². The van der Waals surface area contributed by atoms with E-state index in [-0.39, 0.29) is 419 Å². The first-order valence-electron chi connectivity index (χ1n) is 0. The van der Waals surface area contributed by atoms with Crippen molar-refractivity contribution in [3.05, 3.63) is 0 Å². The fraction of sp³-hybridized carbons (Fsp3) is 0. The molecule has 0 bridgehead atoms. The second-order valence-corrected chi connectivity index (χ2v) is 0. The summed E-state index contributed by atoms with van der Waals surface area (Å²) in [6.45, 7) is 0. The summed E-state index contributed by atoms with van der Waals surface area (Å²) in [6.07, 6.45) is 0. The molecule has 0 aliphatic heterocycles. The Morgan fingerprint density at radius 3 is 0.133 bits per heavy atom. The van der Waals surface area contributed by atoms with Gasteiger partial charge in [-0.05, 0) is 0 Å². The zero-order valence-electron chi connectivity index (χ0n) is 0.500. The minimum atomic E-state index is 0. The van der Waals surface area contributed by atoms with Crippen molar-refractivity contribution in [1.82, 2.24) is 0 Å². The standard InChI is InChI=1S/14Na.H2O.14H/h;;;;;;;;;;;;;;1H2;;;;;;;;;;;;;;. The van der Waals surface area contributed by atoms with Crippen LogP contribution in [0.3, 0.4) is 0 Å². The Hall–Kier alpha value is 14.0. The zero-order chi connectivity index (χ0) is 0. The predicted octanol–water partition coefficient (Wildman–Crippen LogP) is -9.90. The van der Waals surface area contributed by atoms with Crippen LogP contribution < -0.4 is 0 Å². The molecule has 0 aromatic heterocycles. The van der Waals surface area contributed by atoms with Crippen LogP contribution in [0.15, 0.2) is 0 Å². The molecule has 0 unspecified atom stereocenters. The number of rotatable bonds is 0. The molecule has 2 N–H and O–H groups in total. The third kappa shape index (κ3) is 96.7. The third-order valence-corrected chi connectivity index (χ3v) is 0. The molecule has 0 fully saturated rings. The Morgan fingerprint density at radius 2 is 0.133 bits per heavy atom. The first-order chi connectivity index (χ1) is 0. The molecule has 0 rings (SSSR count). The van der Waals surface area contributed by atoms with Crippen molar-refractivity contribution in [3.8, 4) is 0 Å². The molecule has 0 radical (unpaired) electrons. The van der Waals surface area contributed by atoms with E-state index in [1.54, 1.807) is 0 Å². The molecule has 0 heterocycles. The van der Waals surface area contributed by atoms with Crippen LogP contribution in [-0.4, -0.2) is 419 Å². The molecule has 0 aromatic carbocycles. The van der Waals surface area contributed by atoms with E-state index in [1.165, 1.54) is 0 Å². The van der Waals surface area contributed by atoms with Crippen LogP contribution in [0.2, 0.25) is 0 Å². The SMILES string of the molecule is O.[NaH].[NaH].[NaH].[NaH].[NaH].[NaH].[NaH].[NaH].[NaH].[NaH].[NaH].[NaH].[NaH].[NaH]. The van der Waals surface area contributed by atoms with E-state index in [4.69, 9.17) is 0 Å². The first-order valence-corrected chi connectivity index (χ1v) is 0. The van der Waals surface area contributed by atoms with Crippen molar-refractivity contribution in [1.29, 1.82) is 0 Å². The van der Waals surface area contributed by atoms with Crippen LogP contribution in [0.1, 0.15) is 0 Å². The summed E-state index contributed by atoms with van der Waals surface area (Å²) in [7, 11) is 0. The van der Waals surface area contributed by atoms with E-state index in [0.717, 1.165) is 0 Å². The number of hydrogen-bond donors (Lipinski definition) is 0. The third-order valence-electron chi connectivity index (χ3n) is 0. The van der Waals surface area contributed by atoms with Crippen LogP contribution in [0.25, 0.3) is 0 Å². The van der Waals surface area contributed by atoms with Gasteiger partial charge in [0.15, 0.2) is 0 Å². The van der Waals surface area contributed by atoms with E-state index in [2.05, 4.69) is 0 Å². The Balaban J connectivity index is 0. The van der Waals surface area contributed by atoms with Crippen LogP contribution in [0.4, 0.5) is 0 Å². The van der Waals surface area contributed by atoms with Crippen molar-refractivity contribution in [2.75, 3.05) is 0 Å². The Labute approximate surface area is 405 Å². The molecular formula is H16Na14O. The van der Waals surface area contributed by atoms with Gasteiger partial charge in [0.1, 0.15) is 0 Å². The summed E-state index contributed by atoms with van der Waals surface area (Å²) in [5, 5.41) is 0. The predicted molar refractivity (Wildman–Crippen MR) is 104 cm³/mol. The van der Waals surface area contributed by atoms with Gasteiger partial charge in [0.25, 0.3) is 0 Å². The van der Waals surface area contributed by atoms with Gasteiger partial charge in [-0.25, -0.2) is 0 Å². The maximum absolute atomic E-state index is 0. The normalized spacial score (nSPS) is 0. The number of hydrogen-bond acceptors (Lipinski definition) is 0. The van der Waals surface area contributed by atoms with Crippen molar-refractivity contribution < 1.29 is 5.48 Å². The van der Waals surface area contributed by atoms with Gasteiger partial charge in [0.2, 0.25) is 0 Å². The molecule has 0 atom stereocenters. The Bertz CT molecular complexity index is 5.30. The first kappa shape index (κ1) is 116. The van der Waals surface area contributed by atoms with Gasteiger partial charge in [-0.2, -0.15) is 0 Å². The zero-order valence-corrected chi connectivity index (χ0v) is 0.500. The fourth-order valence-electron chi connectivity index (χ4n) is 0. The molecule has 0 aliphatic rings. The van der Waals surface area contributed by atoms with Crippen molar-refractivity contribution in [2.45, 2.75) is 0 Å². The van der Waals surface area contributed by atoms with Crippen LogP contribution in [0, 0.1) is 0 Å². The van der Waals surface area contributed by atoms with E-state index in [0.29, 0.717) is 0 Å². The van der Waals surface area contributed by atoms with Gasteiger partial charge in [0, 0.05) is 0 Å². The molecule has 0 aromatic rings. The summed E-state index contributed by atoms with van der Waals surface area (Å²) in [5.41, 5.74) is 0. The quantitative estimate of drug-likeness (QED) is 0.387. The molecule has 0 spiro atoms. The van der Waals surface area contributed by atoms with Crippen LogP contribution in [-0.2, 0) is 0 Å². The van der Waals surface area contributed by atoms with Crippen LogP contribution >= 0.6 is 0 Å². The van der Waals surface area contributed by atoms with Crippen molar-refractivity contribution in [2.24, 2.45) is 0 Å². The van der Waals surface area contributed by atoms with E-state index < -0.39 is 0 Å². The van der Waals surface area contributed by atoms with E-state index in [9.17, 15) is 0 Å². The molecular weight excluding hydrogens is 338 g/mol. The molecule has 15 heavy (non-hydrogen) atoms. The summed E-state index contributed by atoms with van der Waals surface area (Å²) < 4.78 is 0. The van der Waals surface area contributed by atoms with Gasteiger partial charge in [-0.1, -0.05) is 0 Å². The molecule has 1 nitrogen and oxygen atoms in total. The van der Waals surface area contributed by atoms with Gasteiger partial charge in [-0.3, -0.25) is 0 Å². The van der Waals surface area contributed by atoms with Gasteiger partial charge in [0.05, 0.1) is 0 Å². The summed E-state index contributed by atoms with van der Waals surface area (Å²) in [4.78, 5) is 0. The van der Waals surface area contributed by atoms with E-state index in [1.807, 2.05) is 0 Å². The minimum absolute atomic E-state index is 0. The second-order valence-electron chi connectivity index (χ2n) is 0. The fourth-order valence-corrected chi connectivity index (χ4v) is 0. The molecule has 0 saturated carbocycles. The average Bonchev–Trinajstić information content (AvgIpc) is 0. The van der Waals surface area contributed by atoms with Gasteiger partial charge < -0.3 is 5.48 Å². The maximum atomic E-state index is 0. The molecule has 0 saturated heterocycles. The monoisotopic (exact) mass is 354 g/mol. The molecule has 15 heteroatoms. The Kier molecular flexibility index (Phi) is 808. The summed E-state index contributed by atoms with van der Waals surface area (Å²) in [6, 6.07) is 0. The van der Waals surface area contributed by atoms with E-state index >= 15 is 0 Å². The van der Waals surface area contributed by atoms with Gasteiger partial charge in [-0.15, -0.1) is 0 Å². The molecule has 0 amide bonds. The second kappa shape index (κ2) is 104. The summed E-state index contributed by atoms with van der Waals surface area (Å²) >= 11 is 0. The average molecular weight is 354 g/mol. The molecule has 36 valence electrons. The van der Waals surface area contributed by atoms with Crippen molar-refractivity contribution >= 4 is 414 Å². The van der Waals surface area contributed by atoms with Crippen molar-refractivity contribution in [3.63, 3.8) is 0 Å². The summed E-state index contributed by atoms with van der Waals surface area (Å²) in [5.74, 6) is 0.